The van der Waals surface area contributed by atoms with Gasteiger partial charge in [-0.1, -0.05) is 35.9 Å². The first-order chi connectivity index (χ1) is 14.5. The van der Waals surface area contributed by atoms with E-state index in [1.165, 1.54) is 4.57 Å². The van der Waals surface area contributed by atoms with E-state index in [0.29, 0.717) is 54.7 Å². The van der Waals surface area contributed by atoms with Crippen molar-refractivity contribution in [3.63, 3.8) is 0 Å². The maximum absolute atomic E-state index is 13.4. The maximum Gasteiger partial charge on any atom is 0.294 e. The summed E-state index contributed by atoms with van der Waals surface area (Å²) in [7, 11) is 0. The number of fused-ring (bicyclic) bond motifs is 1. The first-order valence-corrected chi connectivity index (χ1v) is 10.3. The van der Waals surface area contributed by atoms with Crippen molar-refractivity contribution < 1.29 is 9.53 Å². The van der Waals surface area contributed by atoms with Crippen LogP contribution >= 0.6 is 11.6 Å². The number of amides is 1. The van der Waals surface area contributed by atoms with E-state index in [1.54, 1.807) is 19.1 Å². The molecule has 1 saturated heterocycles. The van der Waals surface area contributed by atoms with Gasteiger partial charge in [0.2, 0.25) is 5.91 Å². The Hall–Kier alpha value is -2.90. The minimum Gasteiger partial charge on any atom is -0.378 e. The molecule has 4 rings (SSSR count). The first kappa shape index (κ1) is 20.4. The first-order valence-electron chi connectivity index (χ1n) is 9.91. The number of benzene rings is 2. The van der Waals surface area contributed by atoms with Crippen LogP contribution in [0.5, 0.6) is 0 Å². The van der Waals surface area contributed by atoms with Gasteiger partial charge in [-0.15, -0.1) is 0 Å². The average molecular weight is 427 g/mol. The molecule has 1 aliphatic rings. The lowest BCUT2D eigenvalue weighted by molar-refractivity contribution is -0.124. The van der Waals surface area contributed by atoms with Crippen molar-refractivity contribution in [1.82, 2.24) is 14.9 Å². The van der Waals surface area contributed by atoms with Crippen LogP contribution in [-0.2, 0) is 16.1 Å². The molecule has 1 aliphatic heterocycles. The van der Waals surface area contributed by atoms with Gasteiger partial charge in [0.1, 0.15) is 6.04 Å². The van der Waals surface area contributed by atoms with Gasteiger partial charge in [0, 0.05) is 24.7 Å². The number of nitrogens with one attached hydrogen (secondary N) is 1. The van der Waals surface area contributed by atoms with Crippen LogP contribution in [0.25, 0.3) is 11.0 Å². The Bertz CT molecular complexity index is 1110. The summed E-state index contributed by atoms with van der Waals surface area (Å²) in [6, 6.07) is 14.0. The van der Waals surface area contributed by atoms with E-state index in [9.17, 15) is 9.59 Å². The fraction of sp³-hybridized carbons (Fsp3) is 0.318. The summed E-state index contributed by atoms with van der Waals surface area (Å²) in [4.78, 5) is 32.8. The zero-order valence-electron chi connectivity index (χ0n) is 16.7. The van der Waals surface area contributed by atoms with Gasteiger partial charge >= 0.3 is 0 Å². The number of para-hydroxylation sites is 2. The van der Waals surface area contributed by atoms with Crippen LogP contribution in [0.2, 0.25) is 5.02 Å². The summed E-state index contributed by atoms with van der Waals surface area (Å²) in [5, 5.41) is 3.55. The topological polar surface area (TPSA) is 76.5 Å². The fourth-order valence-electron chi connectivity index (χ4n) is 3.56. The van der Waals surface area contributed by atoms with Gasteiger partial charge in [-0.2, -0.15) is 0 Å². The van der Waals surface area contributed by atoms with Gasteiger partial charge in [0.15, 0.2) is 5.82 Å². The molecule has 1 aromatic heterocycles. The summed E-state index contributed by atoms with van der Waals surface area (Å²) >= 11 is 5.91. The molecule has 0 saturated carbocycles. The van der Waals surface area contributed by atoms with Gasteiger partial charge in [0.25, 0.3) is 5.56 Å². The van der Waals surface area contributed by atoms with Gasteiger partial charge in [0.05, 0.1) is 24.2 Å². The maximum atomic E-state index is 13.4. The molecule has 1 amide bonds. The molecule has 0 aliphatic carbocycles. The summed E-state index contributed by atoms with van der Waals surface area (Å²) in [6.45, 7) is 4.37. The molecule has 30 heavy (non-hydrogen) atoms. The Morgan fingerprint density at radius 1 is 1.17 bits per heavy atom. The highest BCUT2D eigenvalue weighted by Gasteiger charge is 2.24. The highest BCUT2D eigenvalue weighted by atomic mass is 35.5. The molecule has 2 heterocycles. The van der Waals surface area contributed by atoms with Gasteiger partial charge in [-0.25, -0.2) is 4.98 Å². The SMILES string of the molecule is C[C@H](C(=O)NCc1ccc(Cl)cc1)n1c(=O)c(N2CCOCC2)nc2ccccc21. The van der Waals surface area contributed by atoms with Crippen molar-refractivity contribution in [1.29, 1.82) is 0 Å². The summed E-state index contributed by atoms with van der Waals surface area (Å²) < 4.78 is 6.93. The van der Waals surface area contributed by atoms with Crippen LogP contribution in [0.1, 0.15) is 18.5 Å². The molecule has 1 atom stereocenters. The number of rotatable bonds is 5. The molecule has 3 aromatic rings. The third-order valence-electron chi connectivity index (χ3n) is 5.24. The fourth-order valence-corrected chi connectivity index (χ4v) is 3.69. The van der Waals surface area contributed by atoms with Crippen molar-refractivity contribution in [2.45, 2.75) is 19.5 Å². The molecule has 7 nitrogen and oxygen atoms in total. The number of carbonyl (C=O) groups is 1. The van der Waals surface area contributed by atoms with Crippen molar-refractivity contribution in [3.8, 4) is 0 Å². The Morgan fingerprint density at radius 3 is 2.60 bits per heavy atom. The molecule has 1 fully saturated rings. The van der Waals surface area contributed by atoms with E-state index in [2.05, 4.69) is 10.3 Å². The second-order valence-electron chi connectivity index (χ2n) is 7.22. The molecule has 0 spiro atoms. The van der Waals surface area contributed by atoms with E-state index in [1.807, 2.05) is 41.3 Å². The highest BCUT2D eigenvalue weighted by molar-refractivity contribution is 6.30. The zero-order chi connectivity index (χ0) is 21.1. The second kappa shape index (κ2) is 8.85. The number of hydrogen-bond acceptors (Lipinski definition) is 5. The monoisotopic (exact) mass is 426 g/mol. The quantitative estimate of drug-likeness (QED) is 0.678. The standard InChI is InChI=1S/C22H23ClN4O3/c1-15(21(28)24-14-16-6-8-17(23)9-7-16)27-19-5-3-2-4-18(19)25-20(22(27)29)26-10-12-30-13-11-26/h2-9,15H,10-14H2,1H3,(H,24,28)/t15-/m1/s1. The third kappa shape index (κ3) is 4.17. The number of nitrogens with zero attached hydrogens (tertiary/aromatic N) is 3. The number of aromatic nitrogens is 2. The predicted molar refractivity (Wildman–Crippen MR) is 117 cm³/mol. The lowest BCUT2D eigenvalue weighted by Gasteiger charge is -2.28. The van der Waals surface area contributed by atoms with Gasteiger partial charge in [-0.3, -0.25) is 14.2 Å². The average Bonchev–Trinajstić information content (AvgIpc) is 2.78. The normalized spacial score (nSPS) is 15.2. The van der Waals surface area contributed by atoms with Crippen molar-refractivity contribution >= 4 is 34.4 Å². The number of ether oxygens (including phenoxy) is 1. The zero-order valence-corrected chi connectivity index (χ0v) is 17.4. The summed E-state index contributed by atoms with van der Waals surface area (Å²) in [5.74, 6) is 0.116. The Balaban J connectivity index is 1.65. The molecular formula is C22H23ClN4O3. The minimum atomic E-state index is -0.697. The predicted octanol–water partition coefficient (Wildman–Crippen LogP) is 2.76. The van der Waals surface area contributed by atoms with Crippen LogP contribution in [-0.4, -0.2) is 41.8 Å². The lowest BCUT2D eigenvalue weighted by Crippen LogP contribution is -2.43. The van der Waals surface area contributed by atoms with Gasteiger partial charge in [-0.05, 0) is 36.8 Å². The van der Waals surface area contributed by atoms with E-state index >= 15 is 0 Å². The van der Waals surface area contributed by atoms with Crippen LogP contribution in [0.3, 0.4) is 0 Å². The van der Waals surface area contributed by atoms with Crippen molar-refractivity contribution in [2.24, 2.45) is 0 Å². The summed E-state index contributed by atoms with van der Waals surface area (Å²) in [6.07, 6.45) is 0. The molecular weight excluding hydrogens is 404 g/mol. The number of hydrogen-bond donors (Lipinski definition) is 1. The van der Waals surface area contributed by atoms with Crippen LogP contribution in [0, 0.1) is 0 Å². The number of carbonyl (C=O) groups excluding carboxylic acids is 1. The van der Waals surface area contributed by atoms with Crippen LogP contribution in [0.15, 0.2) is 53.3 Å². The molecule has 156 valence electrons. The van der Waals surface area contributed by atoms with Crippen molar-refractivity contribution in [2.75, 3.05) is 31.2 Å². The van der Waals surface area contributed by atoms with Crippen molar-refractivity contribution in [3.05, 3.63) is 69.5 Å². The molecule has 0 bridgehead atoms. The number of anilines is 1. The molecule has 0 radical (unpaired) electrons. The van der Waals surface area contributed by atoms with Gasteiger partial charge < -0.3 is 15.0 Å². The number of halogens is 1. The lowest BCUT2D eigenvalue weighted by atomic mass is 10.2. The molecule has 8 heteroatoms. The summed E-state index contributed by atoms with van der Waals surface area (Å²) in [5.41, 5.74) is 1.97. The molecule has 1 N–H and O–H groups in total. The van der Waals surface area contributed by atoms with E-state index in [4.69, 9.17) is 16.3 Å². The Kier molecular flexibility index (Phi) is 6.01. The van der Waals surface area contributed by atoms with E-state index in [-0.39, 0.29) is 11.5 Å². The third-order valence-corrected chi connectivity index (χ3v) is 5.49. The van der Waals surface area contributed by atoms with Crippen LogP contribution in [0.4, 0.5) is 5.82 Å². The number of morpholine rings is 1. The van der Waals surface area contributed by atoms with Crippen LogP contribution < -0.4 is 15.8 Å². The molecule has 2 aromatic carbocycles. The van der Waals surface area contributed by atoms with E-state index in [0.717, 1.165) is 5.56 Å². The Morgan fingerprint density at radius 2 is 1.87 bits per heavy atom. The van der Waals surface area contributed by atoms with E-state index < -0.39 is 6.04 Å². The smallest absolute Gasteiger partial charge is 0.294 e. The second-order valence-corrected chi connectivity index (χ2v) is 7.66. The molecule has 0 unspecified atom stereocenters. The largest absolute Gasteiger partial charge is 0.378 e. The minimum absolute atomic E-state index is 0.240. The Labute approximate surface area is 179 Å². The highest BCUT2D eigenvalue weighted by Crippen LogP contribution is 2.19.